The van der Waals surface area contributed by atoms with Gasteiger partial charge < -0.3 is 33.2 Å². The van der Waals surface area contributed by atoms with Crippen molar-refractivity contribution in [1.82, 2.24) is 9.78 Å². The van der Waals surface area contributed by atoms with E-state index in [4.69, 9.17) is 4.74 Å². The molecule has 0 unspecified atom stereocenters. The molecule has 0 radical (unpaired) electrons. The van der Waals surface area contributed by atoms with E-state index >= 15 is 0 Å². The summed E-state index contributed by atoms with van der Waals surface area (Å²) in [6.07, 6.45) is 5.02. The maximum Gasteiger partial charge on any atom is 0.434 e. The molecular formula is C15H20IN3O2S. The van der Waals surface area contributed by atoms with E-state index in [-0.39, 0.29) is 24.0 Å². The van der Waals surface area contributed by atoms with Crippen LogP contribution in [0.4, 0.5) is 4.79 Å². The molecule has 2 heterocycles. The van der Waals surface area contributed by atoms with Crippen molar-refractivity contribution in [2.75, 3.05) is 34.3 Å². The van der Waals surface area contributed by atoms with Gasteiger partial charge in [0.15, 0.2) is 0 Å². The Hall–Kier alpha value is -1.19. The zero-order chi connectivity index (χ0) is 15.3. The minimum absolute atomic E-state index is 0. The van der Waals surface area contributed by atoms with E-state index in [2.05, 4.69) is 26.2 Å². The number of carbonyl (C=O) groups is 1. The number of rotatable bonds is 5. The molecule has 2 rings (SSSR count). The Morgan fingerprint density at radius 3 is 2.77 bits per heavy atom. The number of ether oxygens (including phenoxy) is 1. The number of carbonyl (C=O) groups excluding carboxylic acids is 1. The van der Waals surface area contributed by atoms with E-state index in [0.717, 1.165) is 21.6 Å². The van der Waals surface area contributed by atoms with Crippen molar-refractivity contribution in [1.29, 1.82) is 0 Å². The van der Waals surface area contributed by atoms with Crippen LogP contribution >= 0.6 is 11.3 Å². The van der Waals surface area contributed by atoms with Gasteiger partial charge in [-0.2, -0.15) is 9.78 Å². The quantitative estimate of drug-likeness (QED) is 0.485. The lowest BCUT2D eigenvalue weighted by Gasteiger charge is -2.23. The molecule has 0 saturated heterocycles. The minimum Gasteiger partial charge on any atom is -1.00 e. The molecule has 120 valence electrons. The highest BCUT2D eigenvalue weighted by Crippen LogP contribution is 2.12. The molecule has 0 saturated carbocycles. The lowest BCUT2D eigenvalue weighted by molar-refractivity contribution is -0.870. The zero-order valence-corrected chi connectivity index (χ0v) is 15.9. The third-order valence-corrected chi connectivity index (χ3v) is 3.58. The highest BCUT2D eigenvalue weighted by Gasteiger charge is 2.11. The Morgan fingerprint density at radius 2 is 2.14 bits per heavy atom. The fraction of sp³-hybridized carbons (Fsp3) is 0.333. The maximum atomic E-state index is 11.8. The molecule has 0 N–H and O–H groups in total. The topological polar surface area (TPSA) is 44.1 Å². The van der Waals surface area contributed by atoms with Crippen molar-refractivity contribution in [3.8, 4) is 0 Å². The highest BCUT2D eigenvalue weighted by atomic mass is 127. The van der Waals surface area contributed by atoms with Crippen molar-refractivity contribution in [3.05, 3.63) is 40.3 Å². The Labute approximate surface area is 151 Å². The third-order valence-electron chi connectivity index (χ3n) is 2.75. The molecule has 0 aliphatic carbocycles. The molecule has 0 aromatic carbocycles. The molecule has 2 aromatic heterocycles. The van der Waals surface area contributed by atoms with Crippen LogP contribution in [0.25, 0.3) is 12.2 Å². The molecule has 0 atom stereocenters. The summed E-state index contributed by atoms with van der Waals surface area (Å²) in [7, 11) is 6.15. The average molecular weight is 433 g/mol. The number of quaternary nitrogens is 1. The summed E-state index contributed by atoms with van der Waals surface area (Å²) in [5.74, 6) is 0. The summed E-state index contributed by atoms with van der Waals surface area (Å²) in [4.78, 5) is 13.0. The molecule has 0 aliphatic heterocycles. The number of hydrogen-bond acceptors (Lipinski definition) is 4. The van der Waals surface area contributed by atoms with Gasteiger partial charge in [-0.15, -0.1) is 11.3 Å². The van der Waals surface area contributed by atoms with Gasteiger partial charge in [-0.25, -0.2) is 4.79 Å². The predicted molar refractivity (Wildman–Crippen MR) is 85.1 cm³/mol. The van der Waals surface area contributed by atoms with Crippen LogP contribution in [-0.4, -0.2) is 54.7 Å². The first-order valence-corrected chi connectivity index (χ1v) is 7.57. The summed E-state index contributed by atoms with van der Waals surface area (Å²) in [5.41, 5.74) is 0.729. The Kier molecular flexibility index (Phi) is 7.24. The maximum absolute atomic E-state index is 11.8. The number of nitrogens with zero attached hydrogens (tertiary/aromatic N) is 3. The first-order valence-electron chi connectivity index (χ1n) is 6.69. The average Bonchev–Trinajstić information content (AvgIpc) is 3.06. The second-order valence-corrected chi connectivity index (χ2v) is 6.64. The van der Waals surface area contributed by atoms with Gasteiger partial charge in [0, 0.05) is 11.1 Å². The van der Waals surface area contributed by atoms with Crippen molar-refractivity contribution in [3.63, 3.8) is 0 Å². The number of hydrogen-bond donors (Lipinski definition) is 0. The van der Waals surface area contributed by atoms with E-state index in [9.17, 15) is 4.79 Å². The van der Waals surface area contributed by atoms with E-state index in [0.29, 0.717) is 6.61 Å². The van der Waals surface area contributed by atoms with Gasteiger partial charge in [0.2, 0.25) is 0 Å². The Balaban J connectivity index is 0.00000242. The summed E-state index contributed by atoms with van der Waals surface area (Å²) in [6, 6.07) is 5.80. The molecule has 5 nitrogen and oxygen atoms in total. The highest BCUT2D eigenvalue weighted by molar-refractivity contribution is 7.10. The van der Waals surface area contributed by atoms with Crippen LogP contribution < -0.4 is 24.0 Å². The second-order valence-electron chi connectivity index (χ2n) is 5.66. The third kappa shape index (κ3) is 6.29. The fourth-order valence-electron chi connectivity index (χ4n) is 1.56. The van der Waals surface area contributed by atoms with Crippen molar-refractivity contribution >= 4 is 29.6 Å². The van der Waals surface area contributed by atoms with Gasteiger partial charge in [-0.1, -0.05) is 6.07 Å². The summed E-state index contributed by atoms with van der Waals surface area (Å²) in [6.45, 7) is 1.14. The van der Waals surface area contributed by atoms with Gasteiger partial charge in [-0.3, -0.25) is 0 Å². The fourth-order valence-corrected chi connectivity index (χ4v) is 2.17. The summed E-state index contributed by atoms with van der Waals surface area (Å²) >= 11 is 1.65. The molecule has 0 spiro atoms. The number of aromatic nitrogens is 2. The van der Waals surface area contributed by atoms with Crippen molar-refractivity contribution in [2.45, 2.75) is 0 Å². The molecule has 0 fully saturated rings. The first-order chi connectivity index (χ1) is 9.94. The molecular weight excluding hydrogens is 413 g/mol. The molecule has 2 aromatic rings. The van der Waals surface area contributed by atoms with Gasteiger partial charge >= 0.3 is 6.09 Å². The lowest BCUT2D eigenvalue weighted by Crippen LogP contribution is -3.00. The zero-order valence-electron chi connectivity index (χ0n) is 12.9. The van der Waals surface area contributed by atoms with Crippen molar-refractivity contribution in [2.24, 2.45) is 0 Å². The molecule has 7 heteroatoms. The van der Waals surface area contributed by atoms with Crippen molar-refractivity contribution < 1.29 is 38.0 Å². The van der Waals surface area contributed by atoms with Gasteiger partial charge in [-0.05, 0) is 29.7 Å². The first kappa shape index (κ1) is 18.9. The van der Waals surface area contributed by atoms with Gasteiger partial charge in [0.25, 0.3) is 0 Å². The number of thiophene rings is 1. The van der Waals surface area contributed by atoms with Crippen LogP contribution in [0.5, 0.6) is 0 Å². The number of halogens is 1. The van der Waals surface area contributed by atoms with E-state index in [1.807, 2.05) is 29.7 Å². The van der Waals surface area contributed by atoms with Crippen LogP contribution in [0, 0.1) is 0 Å². The van der Waals surface area contributed by atoms with E-state index < -0.39 is 6.09 Å². The van der Waals surface area contributed by atoms with Crippen LogP contribution in [0.2, 0.25) is 0 Å². The summed E-state index contributed by atoms with van der Waals surface area (Å²) in [5, 5.41) is 6.20. The normalized spacial score (nSPS) is 11.4. The van der Waals surface area contributed by atoms with E-state index in [1.165, 1.54) is 4.68 Å². The van der Waals surface area contributed by atoms with Gasteiger partial charge in [0.1, 0.15) is 13.2 Å². The monoisotopic (exact) mass is 433 g/mol. The smallest absolute Gasteiger partial charge is 0.434 e. The van der Waals surface area contributed by atoms with Crippen LogP contribution in [0.1, 0.15) is 10.6 Å². The summed E-state index contributed by atoms with van der Waals surface area (Å²) < 4.78 is 7.17. The number of likely N-dealkylation sites (N-methyl/N-ethyl adjacent to an activating group) is 1. The van der Waals surface area contributed by atoms with Crippen LogP contribution in [0.15, 0.2) is 29.8 Å². The lowest BCUT2D eigenvalue weighted by atomic mass is 10.3. The largest absolute Gasteiger partial charge is 1.00 e. The van der Waals surface area contributed by atoms with E-state index in [1.54, 1.807) is 23.6 Å². The van der Waals surface area contributed by atoms with Crippen LogP contribution in [0.3, 0.4) is 0 Å². The minimum atomic E-state index is -0.445. The van der Waals surface area contributed by atoms with Gasteiger partial charge in [0.05, 0.1) is 26.8 Å². The predicted octanol–water partition coefficient (Wildman–Crippen LogP) is -0.190. The molecule has 0 aliphatic rings. The SMILES string of the molecule is C[N+](C)(C)CCOC(=O)n1ccc(/C=C/c2cccs2)n1.[I-]. The standard InChI is InChI=1S/C15H20N3O2S.HI/c1-18(2,3)10-11-20-15(19)17-9-8-13(16-17)6-7-14-5-4-12-21-14;/h4-9,12H,10-11H2,1-3H3;1H/q+1;/p-1/b7-6+;. The molecule has 22 heavy (non-hydrogen) atoms. The molecule has 0 amide bonds. The Bertz CT molecular complexity index is 615. The molecule has 0 bridgehead atoms. The Morgan fingerprint density at radius 1 is 1.36 bits per heavy atom. The second kappa shape index (κ2) is 8.44. The van der Waals surface area contributed by atoms with Crippen LogP contribution in [-0.2, 0) is 4.74 Å².